The summed E-state index contributed by atoms with van der Waals surface area (Å²) in [4.78, 5) is 26.3. The molecule has 3 rings (SSSR count). The van der Waals surface area contributed by atoms with Crippen molar-refractivity contribution in [3.8, 4) is 5.75 Å². The maximum absolute atomic E-state index is 13.2. The van der Waals surface area contributed by atoms with Crippen molar-refractivity contribution in [2.75, 3.05) is 7.11 Å². The first-order valence-electron chi connectivity index (χ1n) is 7.42. The van der Waals surface area contributed by atoms with Crippen LogP contribution < -0.4 is 4.74 Å². The van der Waals surface area contributed by atoms with Crippen molar-refractivity contribution < 1.29 is 18.7 Å². The molecule has 0 atom stereocenters. The molecule has 4 nitrogen and oxygen atoms in total. The van der Waals surface area contributed by atoms with Gasteiger partial charge in [-0.15, -0.1) is 0 Å². The number of rotatable bonds is 4. The largest absolute Gasteiger partial charge is 0.496 e. The number of ether oxygens (including phenoxy) is 1. The first-order valence-corrected chi connectivity index (χ1v) is 9.40. The molecule has 1 fully saturated rings. The second-order valence-corrected chi connectivity index (χ2v) is 7.71. The van der Waals surface area contributed by atoms with Crippen molar-refractivity contribution in [2.45, 2.75) is 6.54 Å². The number of thioether (sulfide) groups is 1. The lowest BCUT2D eigenvalue weighted by molar-refractivity contribution is -0.123. The molecule has 0 unspecified atom stereocenters. The third kappa shape index (κ3) is 3.95. The lowest BCUT2D eigenvalue weighted by Gasteiger charge is -2.13. The van der Waals surface area contributed by atoms with Gasteiger partial charge in [0.15, 0.2) is 0 Å². The number of imide groups is 1. The predicted octanol–water partition coefficient (Wildman–Crippen LogP) is 5.49. The highest BCUT2D eigenvalue weighted by Crippen LogP contribution is 2.36. The Balaban J connectivity index is 1.88. The highest BCUT2D eigenvalue weighted by molar-refractivity contribution is 9.10. The summed E-state index contributed by atoms with van der Waals surface area (Å²) in [5, 5.41) is -0.239. The zero-order valence-electron chi connectivity index (χ0n) is 13.5. The van der Waals surface area contributed by atoms with E-state index in [0.717, 1.165) is 27.2 Å². The van der Waals surface area contributed by atoms with E-state index in [1.165, 1.54) is 19.2 Å². The molecule has 8 heteroatoms. The van der Waals surface area contributed by atoms with Crippen molar-refractivity contribution in [2.24, 2.45) is 0 Å². The van der Waals surface area contributed by atoms with Crippen LogP contribution in [0.15, 0.2) is 45.8 Å². The molecule has 0 saturated carbocycles. The minimum absolute atomic E-state index is 0.0171. The van der Waals surface area contributed by atoms with E-state index in [-0.39, 0.29) is 16.5 Å². The fourth-order valence-corrected chi connectivity index (χ4v) is 3.85. The Kier molecular flexibility index (Phi) is 5.70. The first kappa shape index (κ1) is 18.9. The average Bonchev–Trinajstić information content (AvgIpc) is 2.85. The first-order chi connectivity index (χ1) is 12.4. The van der Waals surface area contributed by atoms with Crippen LogP contribution in [0.3, 0.4) is 0 Å². The van der Waals surface area contributed by atoms with Gasteiger partial charge in [-0.2, -0.15) is 0 Å². The van der Waals surface area contributed by atoms with Crippen molar-refractivity contribution in [3.63, 3.8) is 0 Å². The van der Waals surface area contributed by atoms with Crippen LogP contribution in [-0.2, 0) is 11.3 Å². The number of methoxy groups -OCH3 is 1. The van der Waals surface area contributed by atoms with E-state index in [4.69, 9.17) is 16.3 Å². The molecule has 0 aromatic heterocycles. The summed E-state index contributed by atoms with van der Waals surface area (Å²) < 4.78 is 19.3. The molecule has 0 aliphatic carbocycles. The molecule has 1 aliphatic rings. The number of amides is 2. The van der Waals surface area contributed by atoms with Crippen LogP contribution in [0.2, 0.25) is 5.02 Å². The summed E-state index contributed by atoms with van der Waals surface area (Å²) in [7, 11) is 1.53. The van der Waals surface area contributed by atoms with Gasteiger partial charge in [-0.25, -0.2) is 4.39 Å². The number of carbonyl (C=O) groups excluding carboxylic acids is 2. The van der Waals surface area contributed by atoms with Crippen LogP contribution in [0.5, 0.6) is 5.75 Å². The minimum atomic E-state index is -0.477. The number of nitrogens with zero attached hydrogens (tertiary/aromatic N) is 1. The Bertz CT molecular complexity index is 935. The van der Waals surface area contributed by atoms with Gasteiger partial charge in [-0.1, -0.05) is 33.6 Å². The van der Waals surface area contributed by atoms with Gasteiger partial charge in [-0.3, -0.25) is 14.5 Å². The molecule has 0 spiro atoms. The van der Waals surface area contributed by atoms with Gasteiger partial charge >= 0.3 is 0 Å². The Morgan fingerprint density at radius 1 is 1.27 bits per heavy atom. The number of carbonyl (C=O) groups is 2. The number of benzene rings is 2. The number of hydrogen-bond donors (Lipinski definition) is 0. The van der Waals surface area contributed by atoms with Gasteiger partial charge in [-0.05, 0) is 53.7 Å². The lowest BCUT2D eigenvalue weighted by atomic mass is 10.1. The molecule has 0 bridgehead atoms. The third-order valence-electron chi connectivity index (χ3n) is 3.70. The van der Waals surface area contributed by atoms with Gasteiger partial charge in [0.05, 0.1) is 18.6 Å². The molecular formula is C18H12BrClFNO3S. The van der Waals surface area contributed by atoms with Crippen molar-refractivity contribution in [1.82, 2.24) is 4.90 Å². The van der Waals surface area contributed by atoms with E-state index in [2.05, 4.69) is 15.9 Å². The lowest BCUT2D eigenvalue weighted by Crippen LogP contribution is -2.27. The van der Waals surface area contributed by atoms with Gasteiger partial charge in [0.1, 0.15) is 11.6 Å². The topological polar surface area (TPSA) is 46.6 Å². The third-order valence-corrected chi connectivity index (χ3v) is 5.45. The smallest absolute Gasteiger partial charge is 0.293 e. The molecular weight excluding hydrogens is 445 g/mol. The minimum Gasteiger partial charge on any atom is -0.496 e. The van der Waals surface area contributed by atoms with E-state index >= 15 is 0 Å². The van der Waals surface area contributed by atoms with E-state index in [9.17, 15) is 14.0 Å². The second-order valence-electron chi connectivity index (χ2n) is 5.39. The fraction of sp³-hybridized carbons (Fsp3) is 0.111. The van der Waals surface area contributed by atoms with Crippen molar-refractivity contribution in [1.29, 1.82) is 0 Å². The summed E-state index contributed by atoms with van der Waals surface area (Å²) in [6, 6.07) is 9.23. The van der Waals surface area contributed by atoms with Crippen LogP contribution in [0, 0.1) is 5.82 Å². The van der Waals surface area contributed by atoms with Crippen LogP contribution in [0.4, 0.5) is 9.18 Å². The molecule has 2 amide bonds. The van der Waals surface area contributed by atoms with Crippen LogP contribution in [-0.4, -0.2) is 23.2 Å². The predicted molar refractivity (Wildman–Crippen MR) is 104 cm³/mol. The molecule has 1 saturated heterocycles. The highest BCUT2D eigenvalue weighted by Gasteiger charge is 2.35. The summed E-state index contributed by atoms with van der Waals surface area (Å²) >= 11 is 10.2. The second kappa shape index (κ2) is 7.82. The molecule has 26 heavy (non-hydrogen) atoms. The van der Waals surface area contributed by atoms with Gasteiger partial charge in [0.25, 0.3) is 11.1 Å². The Morgan fingerprint density at radius 2 is 2.04 bits per heavy atom. The number of hydrogen-bond acceptors (Lipinski definition) is 4. The Hall–Kier alpha value is -1.83. The maximum Gasteiger partial charge on any atom is 0.293 e. The summed E-state index contributed by atoms with van der Waals surface area (Å²) in [6.07, 6.45) is 1.61. The highest BCUT2D eigenvalue weighted by atomic mass is 79.9. The standard InChI is InChI=1S/C18H12BrClFNO3S/c1-25-15-5-3-12(19)6-11(15)7-16-17(23)22(18(24)26-16)9-10-2-4-13(21)8-14(10)20/h2-8H,9H2,1H3/b16-7-. The zero-order valence-corrected chi connectivity index (χ0v) is 16.6. The molecule has 2 aromatic carbocycles. The summed E-state index contributed by atoms with van der Waals surface area (Å²) in [5.74, 6) is -0.321. The zero-order chi connectivity index (χ0) is 18.8. The van der Waals surface area contributed by atoms with E-state index in [1.54, 1.807) is 18.2 Å². The van der Waals surface area contributed by atoms with Crippen LogP contribution in [0.25, 0.3) is 6.08 Å². The molecule has 0 radical (unpaired) electrons. The fourth-order valence-electron chi connectivity index (χ4n) is 2.42. The Morgan fingerprint density at radius 3 is 2.73 bits per heavy atom. The average molecular weight is 457 g/mol. The molecule has 134 valence electrons. The van der Waals surface area contributed by atoms with E-state index in [1.807, 2.05) is 6.07 Å². The van der Waals surface area contributed by atoms with E-state index < -0.39 is 17.0 Å². The maximum atomic E-state index is 13.2. The Labute approximate surface area is 167 Å². The van der Waals surface area contributed by atoms with Crippen LogP contribution in [0.1, 0.15) is 11.1 Å². The van der Waals surface area contributed by atoms with Crippen molar-refractivity contribution >= 4 is 56.5 Å². The molecule has 1 heterocycles. The van der Waals surface area contributed by atoms with Gasteiger partial charge in [0, 0.05) is 15.1 Å². The van der Waals surface area contributed by atoms with Crippen molar-refractivity contribution in [3.05, 3.63) is 67.7 Å². The van der Waals surface area contributed by atoms with Gasteiger partial charge in [0.2, 0.25) is 0 Å². The SMILES string of the molecule is COc1ccc(Br)cc1/C=C1\SC(=O)N(Cc2ccc(F)cc2Cl)C1=O. The quantitative estimate of drug-likeness (QED) is 0.571. The van der Waals surface area contributed by atoms with Crippen LogP contribution >= 0.6 is 39.3 Å². The number of halogens is 3. The summed E-state index contributed by atoms with van der Waals surface area (Å²) in [6.45, 7) is -0.0171. The normalized spacial score (nSPS) is 15.8. The molecule has 1 aliphatic heterocycles. The molecule has 0 N–H and O–H groups in total. The summed E-state index contributed by atoms with van der Waals surface area (Å²) in [5.41, 5.74) is 1.17. The van der Waals surface area contributed by atoms with E-state index in [0.29, 0.717) is 16.9 Å². The van der Waals surface area contributed by atoms with Gasteiger partial charge < -0.3 is 4.74 Å². The molecule has 2 aromatic rings. The monoisotopic (exact) mass is 455 g/mol.